The molecule has 23 heavy (non-hydrogen) atoms. The number of nitrogens with zero attached hydrogens (tertiary/aromatic N) is 4. The van der Waals surface area contributed by atoms with Crippen LogP contribution in [0.3, 0.4) is 0 Å². The largest absolute Gasteiger partial charge is 0.389 e. The smallest absolute Gasteiger partial charge is 0.277 e. The Morgan fingerprint density at radius 1 is 1.48 bits per heavy atom. The number of thiazole rings is 1. The maximum absolute atomic E-state index is 12.3. The van der Waals surface area contributed by atoms with Crippen molar-refractivity contribution >= 4 is 33.8 Å². The number of nitrogen functional groups attached to an aromatic ring is 1. The minimum Gasteiger partial charge on any atom is -0.389 e. The van der Waals surface area contributed by atoms with E-state index >= 15 is 0 Å². The number of hydrogen-bond acceptors (Lipinski definition) is 7. The van der Waals surface area contributed by atoms with Crippen molar-refractivity contribution in [3.05, 3.63) is 17.4 Å². The topological polar surface area (TPSA) is 115 Å². The zero-order chi connectivity index (χ0) is 16.4. The van der Waals surface area contributed by atoms with Crippen LogP contribution in [0.2, 0.25) is 0 Å². The number of nitrogens with one attached hydrogen (secondary N) is 1. The average molecular weight is 335 g/mol. The minimum atomic E-state index is -0.310. The highest BCUT2D eigenvalue weighted by Crippen LogP contribution is 2.30. The molecule has 0 saturated carbocycles. The first-order chi connectivity index (χ1) is 11.1. The average Bonchev–Trinajstić information content (AvgIpc) is 3.13. The van der Waals surface area contributed by atoms with E-state index in [1.807, 2.05) is 7.05 Å². The predicted octanol–water partition coefficient (Wildman–Crippen LogP) is 0.886. The van der Waals surface area contributed by atoms with Crippen molar-refractivity contribution in [3.63, 3.8) is 0 Å². The zero-order valence-electron chi connectivity index (χ0n) is 13.0. The van der Waals surface area contributed by atoms with Gasteiger partial charge in [-0.2, -0.15) is 5.10 Å². The van der Waals surface area contributed by atoms with Crippen LogP contribution in [0.25, 0.3) is 0 Å². The third-order valence-corrected chi connectivity index (χ3v) is 4.87. The summed E-state index contributed by atoms with van der Waals surface area (Å²) in [7, 11) is 1.87. The molecule has 0 aliphatic carbocycles. The highest BCUT2D eigenvalue weighted by Gasteiger charge is 2.24. The number of aryl methyl sites for hydroxylation is 1. The Balaban J connectivity index is 1.77. The van der Waals surface area contributed by atoms with Gasteiger partial charge in [-0.3, -0.25) is 9.48 Å². The molecule has 0 bridgehead atoms. The van der Waals surface area contributed by atoms with Crippen molar-refractivity contribution in [2.45, 2.75) is 12.8 Å². The Bertz CT molecular complexity index is 687. The van der Waals surface area contributed by atoms with Crippen LogP contribution in [-0.4, -0.2) is 40.3 Å². The number of rotatable bonds is 4. The van der Waals surface area contributed by atoms with Crippen LogP contribution in [0.15, 0.2) is 11.7 Å². The molecule has 1 amide bonds. The lowest BCUT2D eigenvalue weighted by Crippen LogP contribution is -2.37. The van der Waals surface area contributed by atoms with Gasteiger partial charge >= 0.3 is 0 Å². The van der Waals surface area contributed by atoms with Gasteiger partial charge in [-0.15, -0.1) is 11.3 Å². The molecule has 124 valence electrons. The van der Waals surface area contributed by atoms with E-state index in [1.165, 1.54) is 11.3 Å². The number of anilines is 3. The van der Waals surface area contributed by atoms with E-state index in [9.17, 15) is 4.79 Å². The van der Waals surface area contributed by atoms with Crippen LogP contribution in [0.5, 0.6) is 0 Å². The van der Waals surface area contributed by atoms with E-state index in [2.05, 4.69) is 20.3 Å². The number of aromatic nitrogens is 3. The predicted molar refractivity (Wildman–Crippen MR) is 91.7 cm³/mol. The van der Waals surface area contributed by atoms with E-state index in [0.29, 0.717) is 16.6 Å². The van der Waals surface area contributed by atoms with E-state index in [1.54, 1.807) is 16.4 Å². The van der Waals surface area contributed by atoms with Gasteiger partial charge in [0.15, 0.2) is 11.5 Å². The summed E-state index contributed by atoms with van der Waals surface area (Å²) < 4.78 is 1.78. The Kier molecular flexibility index (Phi) is 4.49. The second-order valence-electron chi connectivity index (χ2n) is 5.69. The SMILES string of the molecule is Cn1ncc(NC(=O)c2ncsc2N)c1N1CCC(CN)CC1. The quantitative estimate of drug-likeness (QED) is 0.764. The fraction of sp³-hybridized carbons (Fsp3) is 0.500. The van der Waals surface area contributed by atoms with Crippen LogP contribution < -0.4 is 21.7 Å². The van der Waals surface area contributed by atoms with Gasteiger partial charge in [-0.1, -0.05) is 0 Å². The summed E-state index contributed by atoms with van der Waals surface area (Å²) in [6, 6.07) is 0. The van der Waals surface area contributed by atoms with Gasteiger partial charge in [0.25, 0.3) is 5.91 Å². The summed E-state index contributed by atoms with van der Waals surface area (Å²) in [5, 5.41) is 7.56. The molecule has 2 aromatic rings. The molecule has 5 N–H and O–H groups in total. The fourth-order valence-electron chi connectivity index (χ4n) is 2.88. The molecule has 3 rings (SSSR count). The number of amides is 1. The fourth-order valence-corrected chi connectivity index (χ4v) is 3.41. The van der Waals surface area contributed by atoms with E-state index in [-0.39, 0.29) is 11.6 Å². The first-order valence-corrected chi connectivity index (χ1v) is 8.45. The second kappa shape index (κ2) is 6.55. The Morgan fingerprint density at radius 3 is 2.83 bits per heavy atom. The third-order valence-electron chi connectivity index (χ3n) is 4.21. The van der Waals surface area contributed by atoms with E-state index in [0.717, 1.165) is 38.3 Å². The first-order valence-electron chi connectivity index (χ1n) is 7.57. The van der Waals surface area contributed by atoms with Crippen molar-refractivity contribution in [1.82, 2.24) is 14.8 Å². The summed E-state index contributed by atoms with van der Waals surface area (Å²) in [5.74, 6) is 1.17. The molecule has 0 spiro atoms. The standard InChI is InChI=1S/C14H21N7OS/c1-20-14(21-4-2-9(6-15)3-5-21)10(7-18-20)19-13(22)11-12(16)23-8-17-11/h7-9H,2-6,15-16H2,1H3,(H,19,22). The third kappa shape index (κ3) is 3.15. The molecule has 3 heterocycles. The number of piperidine rings is 1. The molecule has 0 unspecified atom stereocenters. The number of carbonyl (C=O) groups is 1. The molecule has 1 aliphatic rings. The number of hydrogen-bond donors (Lipinski definition) is 3. The molecule has 1 fully saturated rings. The van der Waals surface area contributed by atoms with Gasteiger partial charge in [-0.25, -0.2) is 4.98 Å². The first kappa shape index (κ1) is 15.8. The molecular formula is C14H21N7OS. The summed E-state index contributed by atoms with van der Waals surface area (Å²) in [6.07, 6.45) is 3.76. The molecule has 0 radical (unpaired) electrons. The molecule has 8 nitrogen and oxygen atoms in total. The highest BCUT2D eigenvalue weighted by molar-refractivity contribution is 7.14. The normalized spacial score (nSPS) is 15.8. The van der Waals surface area contributed by atoms with Crippen LogP contribution in [0.4, 0.5) is 16.5 Å². The Labute approximate surface area is 138 Å². The number of carbonyl (C=O) groups excluding carboxylic acids is 1. The highest BCUT2D eigenvalue weighted by atomic mass is 32.1. The molecule has 0 aromatic carbocycles. The van der Waals surface area contributed by atoms with Crippen molar-refractivity contribution in [3.8, 4) is 0 Å². The number of nitrogens with two attached hydrogens (primary N) is 2. The van der Waals surface area contributed by atoms with Crippen molar-refractivity contribution in [1.29, 1.82) is 0 Å². The van der Waals surface area contributed by atoms with E-state index < -0.39 is 0 Å². The summed E-state index contributed by atoms with van der Waals surface area (Å²) in [5.41, 5.74) is 14.0. The Hall–Kier alpha value is -2.13. The molecule has 1 aliphatic heterocycles. The summed E-state index contributed by atoms with van der Waals surface area (Å²) in [4.78, 5) is 18.6. The lowest BCUT2D eigenvalue weighted by Gasteiger charge is -2.33. The van der Waals surface area contributed by atoms with Crippen molar-refractivity contribution < 1.29 is 4.79 Å². The van der Waals surface area contributed by atoms with Crippen LogP contribution in [0.1, 0.15) is 23.3 Å². The van der Waals surface area contributed by atoms with Gasteiger partial charge in [-0.05, 0) is 25.3 Å². The van der Waals surface area contributed by atoms with Crippen molar-refractivity contribution in [2.75, 3.05) is 35.6 Å². The summed E-state index contributed by atoms with van der Waals surface area (Å²) in [6.45, 7) is 2.54. The molecular weight excluding hydrogens is 314 g/mol. The maximum Gasteiger partial charge on any atom is 0.277 e. The van der Waals surface area contributed by atoms with Crippen LogP contribution >= 0.6 is 11.3 Å². The molecule has 2 aromatic heterocycles. The summed E-state index contributed by atoms with van der Waals surface area (Å²) >= 11 is 1.25. The van der Waals surface area contributed by atoms with Crippen LogP contribution in [-0.2, 0) is 7.05 Å². The van der Waals surface area contributed by atoms with Gasteiger partial charge < -0.3 is 21.7 Å². The van der Waals surface area contributed by atoms with Crippen LogP contribution in [0, 0.1) is 5.92 Å². The van der Waals surface area contributed by atoms with Crippen molar-refractivity contribution in [2.24, 2.45) is 18.7 Å². The molecule has 1 saturated heterocycles. The zero-order valence-corrected chi connectivity index (χ0v) is 13.8. The minimum absolute atomic E-state index is 0.256. The lowest BCUT2D eigenvalue weighted by atomic mass is 9.97. The Morgan fingerprint density at radius 2 is 2.22 bits per heavy atom. The van der Waals surface area contributed by atoms with Gasteiger partial charge in [0.2, 0.25) is 0 Å². The monoisotopic (exact) mass is 335 g/mol. The maximum atomic E-state index is 12.3. The van der Waals surface area contributed by atoms with Gasteiger partial charge in [0.05, 0.1) is 11.7 Å². The second-order valence-corrected chi connectivity index (χ2v) is 6.58. The van der Waals surface area contributed by atoms with Gasteiger partial charge in [0, 0.05) is 20.1 Å². The molecule has 9 heteroatoms. The van der Waals surface area contributed by atoms with E-state index in [4.69, 9.17) is 11.5 Å². The lowest BCUT2D eigenvalue weighted by molar-refractivity contribution is 0.102. The van der Waals surface area contributed by atoms with Gasteiger partial charge in [0.1, 0.15) is 10.7 Å². The molecule has 0 atom stereocenters.